The highest BCUT2D eigenvalue weighted by Gasteiger charge is 2.20. The first-order chi connectivity index (χ1) is 16.3. The Morgan fingerprint density at radius 2 is 1.24 bits per heavy atom. The van der Waals surface area contributed by atoms with Crippen LogP contribution in [0, 0.1) is 0 Å². The average molecular weight is 435 g/mol. The number of hydrogen-bond donors (Lipinski definition) is 2. The Morgan fingerprint density at radius 1 is 0.667 bits per heavy atom. The molecule has 0 saturated carbocycles. The number of oxime groups is 1. The molecule has 4 aromatic rings. The van der Waals surface area contributed by atoms with Crippen LogP contribution in [0.3, 0.4) is 0 Å². The number of rotatable bonds is 0. The second kappa shape index (κ2) is 9.35. The van der Waals surface area contributed by atoms with E-state index in [2.05, 4.69) is 45.5 Å². The van der Waals surface area contributed by atoms with E-state index >= 15 is 0 Å². The Morgan fingerprint density at radius 3 is 2.09 bits per heavy atom. The van der Waals surface area contributed by atoms with Crippen LogP contribution in [-0.2, 0) is 25.7 Å². The van der Waals surface area contributed by atoms with Crippen molar-refractivity contribution in [2.24, 2.45) is 10.9 Å². The van der Waals surface area contributed by atoms with Crippen LogP contribution in [0.15, 0.2) is 90.6 Å². The number of pyridine rings is 2. The Hall–Kier alpha value is -3.83. The predicted octanol–water partition coefficient (Wildman–Crippen LogP) is 4.64. The zero-order valence-electron chi connectivity index (χ0n) is 18.4. The number of hydrogen-bond acceptors (Lipinski definition) is 5. The molecule has 164 valence electrons. The molecular formula is C28H26N4O. The normalized spacial score (nSPS) is 17.2. The molecule has 1 atom stereocenters. The van der Waals surface area contributed by atoms with Crippen molar-refractivity contribution in [3.8, 4) is 0 Å². The lowest BCUT2D eigenvalue weighted by Gasteiger charge is -2.14. The molecule has 0 saturated heterocycles. The molecule has 1 unspecified atom stereocenters. The maximum Gasteiger partial charge on any atom is 0.117 e. The number of nitrogens with zero attached hydrogens (tertiary/aromatic N) is 3. The van der Waals surface area contributed by atoms with Gasteiger partial charge in [-0.1, -0.05) is 53.7 Å². The highest BCUT2D eigenvalue weighted by molar-refractivity contribution is 6.14. The summed E-state index contributed by atoms with van der Waals surface area (Å²) >= 11 is 0. The minimum Gasteiger partial charge on any atom is -0.410 e. The molecule has 2 aromatic carbocycles. The van der Waals surface area contributed by atoms with Gasteiger partial charge < -0.3 is 10.9 Å². The number of aromatic nitrogens is 2. The molecule has 2 heterocycles. The van der Waals surface area contributed by atoms with Crippen molar-refractivity contribution in [2.75, 3.05) is 0 Å². The van der Waals surface area contributed by atoms with Crippen molar-refractivity contribution in [3.63, 3.8) is 0 Å². The third-order valence-corrected chi connectivity index (χ3v) is 6.53. The van der Waals surface area contributed by atoms with Crippen LogP contribution in [0.2, 0.25) is 0 Å². The van der Waals surface area contributed by atoms with Crippen molar-refractivity contribution in [1.29, 1.82) is 0 Å². The molecule has 2 aromatic heterocycles. The summed E-state index contributed by atoms with van der Waals surface area (Å²) in [5.41, 5.74) is 16.5. The van der Waals surface area contributed by atoms with Gasteiger partial charge in [-0.25, -0.2) is 0 Å². The van der Waals surface area contributed by atoms with Gasteiger partial charge in [0.2, 0.25) is 0 Å². The van der Waals surface area contributed by atoms with Gasteiger partial charge in [0.05, 0.1) is 6.04 Å². The van der Waals surface area contributed by atoms with Crippen LogP contribution in [0.4, 0.5) is 0 Å². The summed E-state index contributed by atoms with van der Waals surface area (Å²) in [7, 11) is 0. The fraction of sp³-hybridized carbons (Fsp3) is 0.179. The van der Waals surface area contributed by atoms with Gasteiger partial charge in [0.1, 0.15) is 5.71 Å². The molecule has 0 bridgehead atoms. The highest BCUT2D eigenvalue weighted by Crippen LogP contribution is 2.30. The lowest BCUT2D eigenvalue weighted by Crippen LogP contribution is -2.13. The smallest absolute Gasteiger partial charge is 0.117 e. The minimum absolute atomic E-state index is 0.00306. The second-order valence-electron chi connectivity index (χ2n) is 8.39. The van der Waals surface area contributed by atoms with E-state index in [0.717, 1.165) is 42.4 Å². The minimum atomic E-state index is -0.00306. The molecule has 5 heteroatoms. The molecule has 5 nitrogen and oxygen atoms in total. The topological polar surface area (TPSA) is 84.4 Å². The number of benzene rings is 2. The molecule has 6 rings (SSSR count). The van der Waals surface area contributed by atoms with Gasteiger partial charge in [-0.15, -0.1) is 0 Å². The van der Waals surface area contributed by atoms with Crippen LogP contribution < -0.4 is 5.73 Å². The number of fused-ring (bicyclic) bond motifs is 4. The fourth-order valence-electron chi connectivity index (χ4n) is 4.80. The van der Waals surface area contributed by atoms with E-state index in [1.807, 2.05) is 48.9 Å². The van der Waals surface area contributed by atoms with Crippen molar-refractivity contribution in [1.82, 2.24) is 9.97 Å². The van der Waals surface area contributed by atoms with E-state index in [4.69, 9.17) is 5.73 Å². The molecule has 0 aliphatic heterocycles. The molecule has 0 spiro atoms. The van der Waals surface area contributed by atoms with Crippen LogP contribution >= 0.6 is 0 Å². The van der Waals surface area contributed by atoms with Crippen LogP contribution in [0.25, 0.3) is 0 Å². The summed E-state index contributed by atoms with van der Waals surface area (Å²) in [5.74, 6) is 0. The molecular weight excluding hydrogens is 408 g/mol. The first kappa shape index (κ1) is 21.0. The predicted molar refractivity (Wildman–Crippen MR) is 130 cm³/mol. The van der Waals surface area contributed by atoms with Gasteiger partial charge in [0, 0.05) is 35.9 Å². The van der Waals surface area contributed by atoms with Crippen molar-refractivity contribution >= 4 is 5.71 Å². The van der Waals surface area contributed by atoms with Gasteiger partial charge in [-0.3, -0.25) is 9.97 Å². The average Bonchev–Trinajstić information content (AvgIpc) is 3.13. The molecule has 33 heavy (non-hydrogen) atoms. The van der Waals surface area contributed by atoms with Crippen molar-refractivity contribution < 1.29 is 5.21 Å². The Bertz CT molecular complexity index is 1220. The maximum absolute atomic E-state index is 9.28. The molecule has 3 N–H and O–H groups in total. The molecule has 0 fully saturated rings. The summed E-state index contributed by atoms with van der Waals surface area (Å²) in [6.07, 6.45) is 11.3. The first-order valence-electron chi connectivity index (χ1n) is 11.3. The second-order valence-corrected chi connectivity index (χ2v) is 8.39. The Balaban J connectivity index is 0.000000139. The monoisotopic (exact) mass is 434 g/mol. The third kappa shape index (κ3) is 4.15. The standard InChI is InChI=1S/C14H12N2O.C14H14N2/c17-16-14-12-4-2-1-3-10(12)5-6-11-9-15-8-7-13(11)14;15-14-12-4-2-1-3-10(12)5-6-11-9-16-8-7-13(11)14/h1-4,7-9,17H,5-6H2;1-4,7-9,14H,5-6,15H2/b16-14+;. The van der Waals surface area contributed by atoms with Crippen LogP contribution in [-0.4, -0.2) is 20.9 Å². The molecule has 2 aliphatic rings. The van der Waals surface area contributed by atoms with Gasteiger partial charge in [-0.05, 0) is 71.2 Å². The van der Waals surface area contributed by atoms with E-state index in [-0.39, 0.29) is 6.04 Å². The van der Waals surface area contributed by atoms with E-state index in [1.165, 1.54) is 27.8 Å². The van der Waals surface area contributed by atoms with Gasteiger partial charge in [0.15, 0.2) is 0 Å². The van der Waals surface area contributed by atoms with Gasteiger partial charge in [-0.2, -0.15) is 0 Å². The highest BCUT2D eigenvalue weighted by atomic mass is 16.4. The van der Waals surface area contributed by atoms with Crippen LogP contribution in [0.1, 0.15) is 50.5 Å². The number of aryl methyl sites for hydroxylation is 4. The summed E-state index contributed by atoms with van der Waals surface area (Å²) in [6, 6.07) is 20.5. The quantitative estimate of drug-likeness (QED) is 0.312. The zero-order chi connectivity index (χ0) is 22.6. The third-order valence-electron chi connectivity index (χ3n) is 6.53. The summed E-state index contributed by atoms with van der Waals surface area (Å²) in [5, 5.41) is 12.8. The van der Waals surface area contributed by atoms with Crippen molar-refractivity contribution in [3.05, 3.63) is 130 Å². The van der Waals surface area contributed by atoms with Gasteiger partial charge in [0.25, 0.3) is 0 Å². The SMILES string of the molecule is NC1c2ccccc2CCc2cnccc21.O/N=C1\c2ccccc2CCc2cnccc21. The van der Waals surface area contributed by atoms with E-state index in [1.54, 1.807) is 6.20 Å². The van der Waals surface area contributed by atoms with Gasteiger partial charge >= 0.3 is 0 Å². The fourth-order valence-corrected chi connectivity index (χ4v) is 4.80. The lowest BCUT2D eigenvalue weighted by molar-refractivity contribution is 0.319. The van der Waals surface area contributed by atoms with E-state index in [9.17, 15) is 5.21 Å². The number of nitrogens with two attached hydrogens (primary N) is 1. The van der Waals surface area contributed by atoms with E-state index in [0.29, 0.717) is 5.71 Å². The van der Waals surface area contributed by atoms with E-state index < -0.39 is 0 Å². The molecule has 2 aliphatic carbocycles. The van der Waals surface area contributed by atoms with Crippen molar-refractivity contribution in [2.45, 2.75) is 31.7 Å². The molecule has 0 radical (unpaired) electrons. The lowest BCUT2D eigenvalue weighted by atomic mass is 9.97. The Labute approximate surface area is 193 Å². The summed E-state index contributed by atoms with van der Waals surface area (Å²) < 4.78 is 0. The maximum atomic E-state index is 9.28. The zero-order valence-corrected chi connectivity index (χ0v) is 18.4. The first-order valence-corrected chi connectivity index (χ1v) is 11.3. The summed E-state index contributed by atoms with van der Waals surface area (Å²) in [4.78, 5) is 8.32. The van der Waals surface area contributed by atoms with Crippen LogP contribution in [0.5, 0.6) is 0 Å². The summed E-state index contributed by atoms with van der Waals surface area (Å²) in [6.45, 7) is 0. The molecule has 0 amide bonds. The Kier molecular flexibility index (Phi) is 5.96. The largest absolute Gasteiger partial charge is 0.410 e.